The number of nitrogen functional groups attached to an aromatic ring is 1. The van der Waals surface area contributed by atoms with Gasteiger partial charge in [0.15, 0.2) is 0 Å². The SMILES string of the molecule is CC(Cc1nc(-c2ccc(Br)s2)no1)c1ccc(N)cc1. The third-order valence-corrected chi connectivity index (χ3v) is 4.87. The van der Waals surface area contributed by atoms with Gasteiger partial charge in [-0.25, -0.2) is 0 Å². The third-order valence-electron chi connectivity index (χ3n) is 3.25. The number of hydrogen-bond donors (Lipinski definition) is 1. The van der Waals surface area contributed by atoms with Crippen LogP contribution in [-0.2, 0) is 6.42 Å². The Hall–Kier alpha value is -1.66. The average molecular weight is 364 g/mol. The first-order chi connectivity index (χ1) is 10.1. The minimum Gasteiger partial charge on any atom is -0.399 e. The maximum atomic E-state index is 5.71. The quantitative estimate of drug-likeness (QED) is 0.693. The Kier molecular flexibility index (Phi) is 4.07. The molecular weight excluding hydrogens is 350 g/mol. The number of aromatic nitrogens is 2. The number of rotatable bonds is 4. The van der Waals surface area contributed by atoms with Gasteiger partial charge in [0.1, 0.15) is 0 Å². The zero-order valence-corrected chi connectivity index (χ0v) is 13.8. The van der Waals surface area contributed by atoms with E-state index in [2.05, 4.69) is 33.0 Å². The van der Waals surface area contributed by atoms with E-state index < -0.39 is 0 Å². The van der Waals surface area contributed by atoms with E-state index in [0.717, 1.165) is 14.4 Å². The van der Waals surface area contributed by atoms with Crippen molar-refractivity contribution < 1.29 is 4.52 Å². The lowest BCUT2D eigenvalue weighted by Gasteiger charge is -2.08. The highest BCUT2D eigenvalue weighted by Gasteiger charge is 2.14. The van der Waals surface area contributed by atoms with Gasteiger partial charge in [0.05, 0.1) is 8.66 Å². The second-order valence-corrected chi connectivity index (χ2v) is 7.35. The minimum absolute atomic E-state index is 0.300. The van der Waals surface area contributed by atoms with Crippen LogP contribution in [-0.4, -0.2) is 10.1 Å². The smallest absolute Gasteiger partial charge is 0.227 e. The molecule has 108 valence electrons. The van der Waals surface area contributed by atoms with E-state index in [0.29, 0.717) is 24.1 Å². The van der Waals surface area contributed by atoms with Crippen molar-refractivity contribution in [3.8, 4) is 10.7 Å². The van der Waals surface area contributed by atoms with Crippen molar-refractivity contribution in [2.45, 2.75) is 19.3 Å². The van der Waals surface area contributed by atoms with E-state index in [1.807, 2.05) is 36.4 Å². The fraction of sp³-hybridized carbons (Fsp3) is 0.200. The van der Waals surface area contributed by atoms with Crippen molar-refractivity contribution in [1.29, 1.82) is 0 Å². The molecule has 0 aliphatic carbocycles. The van der Waals surface area contributed by atoms with Gasteiger partial charge >= 0.3 is 0 Å². The number of nitrogens with zero attached hydrogens (tertiary/aromatic N) is 2. The summed E-state index contributed by atoms with van der Waals surface area (Å²) in [5.74, 6) is 1.60. The molecule has 1 aromatic carbocycles. The topological polar surface area (TPSA) is 64.9 Å². The molecule has 2 N–H and O–H groups in total. The molecule has 21 heavy (non-hydrogen) atoms. The van der Waals surface area contributed by atoms with Crippen molar-refractivity contribution >= 4 is 33.0 Å². The second kappa shape index (κ2) is 5.99. The van der Waals surface area contributed by atoms with Crippen LogP contribution in [0.2, 0.25) is 0 Å². The van der Waals surface area contributed by atoms with Crippen LogP contribution in [0.1, 0.15) is 24.3 Å². The largest absolute Gasteiger partial charge is 0.399 e. The zero-order chi connectivity index (χ0) is 14.8. The maximum absolute atomic E-state index is 5.71. The first-order valence-electron chi connectivity index (χ1n) is 6.55. The Balaban J connectivity index is 1.73. The molecule has 3 rings (SSSR count). The Bertz CT molecular complexity index is 735. The molecule has 3 aromatic rings. The molecule has 1 unspecified atom stereocenters. The van der Waals surface area contributed by atoms with Gasteiger partial charge in [-0.1, -0.05) is 24.2 Å². The van der Waals surface area contributed by atoms with Crippen LogP contribution in [0.15, 0.2) is 44.7 Å². The molecule has 6 heteroatoms. The fourth-order valence-corrected chi connectivity index (χ4v) is 3.39. The van der Waals surface area contributed by atoms with Gasteiger partial charge < -0.3 is 10.3 Å². The highest BCUT2D eigenvalue weighted by Crippen LogP contribution is 2.30. The Morgan fingerprint density at radius 2 is 2.00 bits per heavy atom. The average Bonchev–Trinajstić information content (AvgIpc) is 3.08. The summed E-state index contributed by atoms with van der Waals surface area (Å²) in [5, 5.41) is 4.04. The van der Waals surface area contributed by atoms with Crippen molar-refractivity contribution in [1.82, 2.24) is 10.1 Å². The molecule has 1 atom stereocenters. The number of nitrogens with two attached hydrogens (primary N) is 1. The van der Waals surface area contributed by atoms with E-state index in [-0.39, 0.29) is 0 Å². The molecule has 4 nitrogen and oxygen atoms in total. The summed E-state index contributed by atoms with van der Waals surface area (Å²) >= 11 is 5.02. The summed E-state index contributed by atoms with van der Waals surface area (Å²) in [6, 6.07) is 11.9. The molecule has 2 aromatic heterocycles. The van der Waals surface area contributed by atoms with Gasteiger partial charge in [0, 0.05) is 12.1 Å². The highest BCUT2D eigenvalue weighted by molar-refractivity contribution is 9.11. The highest BCUT2D eigenvalue weighted by atomic mass is 79.9. The van der Waals surface area contributed by atoms with Crippen molar-refractivity contribution in [2.75, 3.05) is 5.73 Å². The van der Waals surface area contributed by atoms with E-state index in [4.69, 9.17) is 10.3 Å². The van der Waals surface area contributed by atoms with Gasteiger partial charge in [-0.05, 0) is 51.7 Å². The summed E-state index contributed by atoms with van der Waals surface area (Å²) in [4.78, 5) is 5.46. The predicted octanol–water partition coefficient (Wildman–Crippen LogP) is 4.49. The summed E-state index contributed by atoms with van der Waals surface area (Å²) < 4.78 is 6.40. The van der Waals surface area contributed by atoms with E-state index in [9.17, 15) is 0 Å². The molecule has 0 spiro atoms. The van der Waals surface area contributed by atoms with E-state index >= 15 is 0 Å². The van der Waals surface area contributed by atoms with Crippen LogP contribution in [0, 0.1) is 0 Å². The molecule has 0 aliphatic heterocycles. The summed E-state index contributed by atoms with van der Waals surface area (Å²) in [6.45, 7) is 2.14. The lowest BCUT2D eigenvalue weighted by Crippen LogP contribution is -1.99. The van der Waals surface area contributed by atoms with Crippen molar-refractivity contribution in [3.05, 3.63) is 51.6 Å². The standard InChI is InChI=1S/C15H14BrN3OS/c1-9(10-2-4-11(17)5-3-10)8-14-18-15(19-20-14)12-6-7-13(16)21-12/h2-7,9H,8,17H2,1H3. The molecule has 0 saturated carbocycles. The number of hydrogen-bond acceptors (Lipinski definition) is 5. The van der Waals surface area contributed by atoms with Gasteiger partial charge in [-0.15, -0.1) is 11.3 Å². The van der Waals surface area contributed by atoms with E-state index in [1.165, 1.54) is 5.56 Å². The fourth-order valence-electron chi connectivity index (χ4n) is 2.08. The van der Waals surface area contributed by atoms with Crippen LogP contribution in [0.4, 0.5) is 5.69 Å². The van der Waals surface area contributed by atoms with Crippen molar-refractivity contribution in [3.63, 3.8) is 0 Å². The summed E-state index contributed by atoms with van der Waals surface area (Å²) in [5.41, 5.74) is 7.69. The van der Waals surface area contributed by atoms with Crippen LogP contribution in [0.3, 0.4) is 0 Å². The number of benzene rings is 1. The summed E-state index contributed by atoms with van der Waals surface area (Å²) in [7, 11) is 0. The number of halogens is 1. The van der Waals surface area contributed by atoms with Crippen LogP contribution >= 0.6 is 27.3 Å². The lowest BCUT2D eigenvalue weighted by atomic mass is 9.98. The Morgan fingerprint density at radius 3 is 2.67 bits per heavy atom. The first-order valence-corrected chi connectivity index (χ1v) is 8.16. The predicted molar refractivity (Wildman–Crippen MR) is 88.3 cm³/mol. The van der Waals surface area contributed by atoms with Gasteiger partial charge in [-0.3, -0.25) is 0 Å². The third kappa shape index (κ3) is 3.33. The minimum atomic E-state index is 0.300. The molecule has 0 aliphatic rings. The lowest BCUT2D eigenvalue weighted by molar-refractivity contribution is 0.372. The van der Waals surface area contributed by atoms with Crippen LogP contribution < -0.4 is 5.73 Å². The molecule has 0 fully saturated rings. The maximum Gasteiger partial charge on any atom is 0.227 e. The molecule has 0 amide bonds. The normalized spacial score (nSPS) is 12.5. The van der Waals surface area contributed by atoms with Gasteiger partial charge in [0.2, 0.25) is 11.7 Å². The first kappa shape index (κ1) is 14.3. The molecule has 0 saturated heterocycles. The zero-order valence-electron chi connectivity index (χ0n) is 11.4. The van der Waals surface area contributed by atoms with Crippen LogP contribution in [0.25, 0.3) is 10.7 Å². The molecule has 0 bridgehead atoms. The van der Waals surface area contributed by atoms with E-state index in [1.54, 1.807) is 11.3 Å². The second-order valence-electron chi connectivity index (χ2n) is 4.89. The monoisotopic (exact) mass is 363 g/mol. The number of anilines is 1. The van der Waals surface area contributed by atoms with Gasteiger partial charge in [0.25, 0.3) is 0 Å². The summed E-state index contributed by atoms with van der Waals surface area (Å²) in [6.07, 6.45) is 0.712. The Labute approximate surface area is 135 Å². The molecular formula is C15H14BrN3OS. The molecule has 2 heterocycles. The number of thiophene rings is 1. The van der Waals surface area contributed by atoms with Crippen LogP contribution in [0.5, 0.6) is 0 Å². The Morgan fingerprint density at radius 1 is 1.24 bits per heavy atom. The van der Waals surface area contributed by atoms with Crippen molar-refractivity contribution in [2.24, 2.45) is 0 Å². The molecule has 0 radical (unpaired) electrons. The van der Waals surface area contributed by atoms with Gasteiger partial charge in [-0.2, -0.15) is 4.98 Å².